The van der Waals surface area contributed by atoms with Crippen molar-refractivity contribution in [1.82, 2.24) is 0 Å². The van der Waals surface area contributed by atoms with Crippen molar-refractivity contribution in [2.75, 3.05) is 0 Å². The summed E-state index contributed by atoms with van der Waals surface area (Å²) in [5, 5.41) is 5.59. The largest absolute Gasteiger partial charge is 0.0836 e. The molecule has 5 rings (SSSR count). The van der Waals surface area contributed by atoms with E-state index in [0.717, 1.165) is 19.3 Å². The van der Waals surface area contributed by atoms with Crippen LogP contribution in [0.5, 0.6) is 0 Å². The lowest BCUT2D eigenvalue weighted by molar-refractivity contribution is 1.00. The van der Waals surface area contributed by atoms with Gasteiger partial charge in [0.15, 0.2) is 0 Å². The lowest BCUT2D eigenvalue weighted by atomic mass is 9.86. The van der Waals surface area contributed by atoms with Gasteiger partial charge in [-0.3, -0.25) is 0 Å². The van der Waals surface area contributed by atoms with E-state index in [9.17, 15) is 0 Å². The Bertz CT molecular complexity index is 1100. The molecule has 0 fully saturated rings. The number of allylic oxidation sites excluding steroid dienone is 1. The van der Waals surface area contributed by atoms with Crippen LogP contribution < -0.4 is 0 Å². The van der Waals surface area contributed by atoms with Crippen LogP contribution in [0.2, 0.25) is 0 Å². The fourth-order valence-electron chi connectivity index (χ4n) is 4.17. The monoisotopic (exact) mass is 320 g/mol. The van der Waals surface area contributed by atoms with E-state index in [4.69, 9.17) is 0 Å². The van der Waals surface area contributed by atoms with E-state index in [2.05, 4.69) is 84.9 Å². The molecule has 0 amide bonds. The third-order valence-corrected chi connectivity index (χ3v) is 5.34. The molecule has 0 N–H and O–H groups in total. The van der Waals surface area contributed by atoms with Gasteiger partial charge in [0.1, 0.15) is 0 Å². The first-order valence-corrected chi connectivity index (χ1v) is 9.07. The summed E-state index contributed by atoms with van der Waals surface area (Å²) in [4.78, 5) is 0. The third-order valence-electron chi connectivity index (χ3n) is 5.34. The summed E-state index contributed by atoms with van der Waals surface area (Å²) in [7, 11) is 0. The maximum Gasteiger partial charge on any atom is -0.00255 e. The maximum absolute atomic E-state index is 2.40. The number of rotatable bonds is 2. The van der Waals surface area contributed by atoms with Gasteiger partial charge in [-0.25, -0.2) is 0 Å². The van der Waals surface area contributed by atoms with Crippen molar-refractivity contribution in [1.29, 1.82) is 0 Å². The Labute approximate surface area is 148 Å². The summed E-state index contributed by atoms with van der Waals surface area (Å²) in [6, 6.07) is 26.6. The summed E-state index contributed by atoms with van der Waals surface area (Å²) in [5.41, 5.74) is 5.68. The summed E-state index contributed by atoms with van der Waals surface area (Å²) in [6.07, 6.45) is 7.92. The highest BCUT2D eigenvalue weighted by atomic mass is 14.2. The SMILES string of the molecule is C1=Cc2c(c3ccccc3c3cc(Cc4ccccc4)ccc23)CC1. The number of fused-ring (bicyclic) bond motifs is 6. The lowest BCUT2D eigenvalue weighted by Crippen LogP contribution is -1.98. The molecule has 0 aromatic heterocycles. The first kappa shape index (κ1) is 14.5. The Morgan fingerprint density at radius 2 is 1.44 bits per heavy atom. The van der Waals surface area contributed by atoms with Gasteiger partial charge >= 0.3 is 0 Å². The molecule has 0 aliphatic heterocycles. The molecule has 0 atom stereocenters. The van der Waals surface area contributed by atoms with Crippen molar-refractivity contribution in [3.8, 4) is 0 Å². The average Bonchev–Trinajstić information content (AvgIpc) is 2.69. The number of hydrogen-bond donors (Lipinski definition) is 0. The van der Waals surface area contributed by atoms with Gasteiger partial charge in [-0.05, 0) is 63.1 Å². The summed E-state index contributed by atoms with van der Waals surface area (Å²) >= 11 is 0. The van der Waals surface area contributed by atoms with Crippen molar-refractivity contribution < 1.29 is 0 Å². The van der Waals surface area contributed by atoms with Crippen molar-refractivity contribution in [2.45, 2.75) is 19.3 Å². The minimum atomic E-state index is 0.984. The van der Waals surface area contributed by atoms with Gasteiger partial charge in [-0.1, -0.05) is 84.9 Å². The van der Waals surface area contributed by atoms with Crippen LogP contribution in [0.15, 0.2) is 78.9 Å². The molecule has 0 saturated carbocycles. The van der Waals surface area contributed by atoms with Gasteiger partial charge in [0.2, 0.25) is 0 Å². The van der Waals surface area contributed by atoms with E-state index in [-0.39, 0.29) is 0 Å². The second-order valence-corrected chi connectivity index (χ2v) is 6.92. The summed E-state index contributed by atoms with van der Waals surface area (Å²) in [5.74, 6) is 0. The molecule has 0 unspecified atom stereocenters. The first-order chi connectivity index (χ1) is 12.4. The lowest BCUT2D eigenvalue weighted by Gasteiger charge is -2.18. The van der Waals surface area contributed by atoms with Crippen molar-refractivity contribution in [3.05, 3.63) is 101 Å². The Kier molecular flexibility index (Phi) is 3.41. The van der Waals surface area contributed by atoms with Gasteiger partial charge < -0.3 is 0 Å². The van der Waals surface area contributed by atoms with E-state index in [1.54, 1.807) is 0 Å². The fourth-order valence-corrected chi connectivity index (χ4v) is 4.17. The number of hydrogen-bond acceptors (Lipinski definition) is 0. The first-order valence-electron chi connectivity index (χ1n) is 9.07. The van der Waals surface area contributed by atoms with Crippen molar-refractivity contribution >= 4 is 27.6 Å². The van der Waals surface area contributed by atoms with E-state index in [0.29, 0.717) is 0 Å². The molecule has 0 saturated heterocycles. The molecule has 4 aromatic rings. The standard InChI is InChI=1S/C25H20/c1-2-8-18(9-3-1)16-19-14-15-24-22-12-5-4-10-20(22)21-11-6-7-13-23(21)25(24)17-19/h1-3,5-9,11-15,17H,4,10,16H2. The van der Waals surface area contributed by atoms with Crippen LogP contribution >= 0.6 is 0 Å². The van der Waals surface area contributed by atoms with Gasteiger partial charge in [0.05, 0.1) is 0 Å². The fraction of sp³-hybridized carbons (Fsp3) is 0.120. The molecule has 1 aliphatic carbocycles. The third kappa shape index (κ3) is 2.46. The quantitative estimate of drug-likeness (QED) is 0.368. The molecular formula is C25H20. The van der Waals surface area contributed by atoms with Crippen LogP contribution in [0.4, 0.5) is 0 Å². The number of aryl methyl sites for hydroxylation is 1. The van der Waals surface area contributed by atoms with Crippen molar-refractivity contribution in [3.63, 3.8) is 0 Å². The highest BCUT2D eigenvalue weighted by molar-refractivity contribution is 6.13. The van der Waals surface area contributed by atoms with Crippen LogP contribution in [0.3, 0.4) is 0 Å². The zero-order valence-electron chi connectivity index (χ0n) is 14.2. The predicted octanol–water partition coefficient (Wildman–Crippen LogP) is 6.54. The smallest absolute Gasteiger partial charge is 0.00255 e. The Morgan fingerprint density at radius 1 is 0.640 bits per heavy atom. The molecule has 0 radical (unpaired) electrons. The van der Waals surface area contributed by atoms with E-state index >= 15 is 0 Å². The minimum absolute atomic E-state index is 0.984. The van der Waals surface area contributed by atoms with Crippen LogP contribution in [-0.2, 0) is 12.8 Å². The number of benzene rings is 4. The van der Waals surface area contributed by atoms with Crippen LogP contribution in [0.25, 0.3) is 27.6 Å². The normalized spacial score (nSPS) is 13.3. The topological polar surface area (TPSA) is 0 Å². The van der Waals surface area contributed by atoms with E-state index < -0.39 is 0 Å². The average molecular weight is 320 g/mol. The van der Waals surface area contributed by atoms with Gasteiger partial charge in [0.25, 0.3) is 0 Å². The molecule has 0 nitrogen and oxygen atoms in total. The molecule has 0 heteroatoms. The van der Waals surface area contributed by atoms with Gasteiger partial charge in [-0.2, -0.15) is 0 Å². The van der Waals surface area contributed by atoms with Crippen molar-refractivity contribution in [2.24, 2.45) is 0 Å². The molecule has 0 heterocycles. The minimum Gasteiger partial charge on any atom is -0.0836 e. The highest BCUT2D eigenvalue weighted by Gasteiger charge is 2.14. The van der Waals surface area contributed by atoms with Crippen LogP contribution in [0.1, 0.15) is 28.7 Å². The zero-order chi connectivity index (χ0) is 16.6. The molecule has 120 valence electrons. The molecule has 4 aromatic carbocycles. The summed E-state index contributed by atoms with van der Waals surface area (Å²) < 4.78 is 0. The Balaban J connectivity index is 1.76. The Hall–Kier alpha value is -2.86. The summed E-state index contributed by atoms with van der Waals surface area (Å²) in [6.45, 7) is 0. The predicted molar refractivity (Wildman–Crippen MR) is 108 cm³/mol. The van der Waals surface area contributed by atoms with Crippen LogP contribution in [0, 0.1) is 0 Å². The molecule has 25 heavy (non-hydrogen) atoms. The Morgan fingerprint density at radius 3 is 2.32 bits per heavy atom. The molecule has 1 aliphatic rings. The van der Waals surface area contributed by atoms with E-state index in [1.165, 1.54) is 43.8 Å². The van der Waals surface area contributed by atoms with Crippen LogP contribution in [-0.4, -0.2) is 0 Å². The highest BCUT2D eigenvalue weighted by Crippen LogP contribution is 2.37. The van der Waals surface area contributed by atoms with E-state index in [1.807, 2.05) is 0 Å². The molecule has 0 bridgehead atoms. The second-order valence-electron chi connectivity index (χ2n) is 6.92. The van der Waals surface area contributed by atoms with Gasteiger partial charge in [-0.15, -0.1) is 0 Å². The zero-order valence-corrected chi connectivity index (χ0v) is 14.2. The van der Waals surface area contributed by atoms with Gasteiger partial charge in [0, 0.05) is 0 Å². The molecular weight excluding hydrogens is 300 g/mol. The molecule has 0 spiro atoms. The second kappa shape index (κ2) is 5.89. The maximum atomic E-state index is 2.40.